The number of hydrogen-bond donors (Lipinski definition) is 2. The van der Waals surface area contributed by atoms with Crippen LogP contribution in [0.2, 0.25) is 0 Å². The van der Waals surface area contributed by atoms with Gasteiger partial charge in [0, 0.05) is 34.9 Å². The van der Waals surface area contributed by atoms with Crippen LogP contribution in [0.1, 0.15) is 12.0 Å². The number of anilines is 2. The van der Waals surface area contributed by atoms with E-state index >= 15 is 4.39 Å². The number of nitrogens with one attached hydrogen (secondary N) is 1. The van der Waals surface area contributed by atoms with Crippen molar-refractivity contribution >= 4 is 28.3 Å². The molecule has 8 heteroatoms. The van der Waals surface area contributed by atoms with Crippen molar-refractivity contribution in [2.45, 2.75) is 13.3 Å². The van der Waals surface area contributed by atoms with E-state index < -0.39 is 5.82 Å². The fraction of sp³-hybridized carbons (Fsp3) is 0.211. The van der Waals surface area contributed by atoms with Crippen molar-refractivity contribution in [1.29, 1.82) is 5.26 Å². The number of rotatable bonds is 3. The Morgan fingerprint density at radius 1 is 1.41 bits per heavy atom. The molecule has 0 bridgehead atoms. The minimum absolute atomic E-state index is 0.0980. The first kappa shape index (κ1) is 16.8. The highest BCUT2D eigenvalue weighted by atomic mass is 19.1. The Morgan fingerprint density at radius 3 is 2.93 bits per heavy atom. The Bertz CT molecular complexity index is 1120. The monoisotopic (exact) mass is 362 g/mol. The van der Waals surface area contributed by atoms with Crippen molar-refractivity contribution in [2.24, 2.45) is 11.8 Å². The topological polar surface area (TPSA) is 118 Å². The van der Waals surface area contributed by atoms with Gasteiger partial charge < -0.3 is 11.1 Å². The van der Waals surface area contributed by atoms with E-state index in [2.05, 4.69) is 26.3 Å². The van der Waals surface area contributed by atoms with Crippen molar-refractivity contribution < 1.29 is 9.18 Å². The summed E-state index contributed by atoms with van der Waals surface area (Å²) >= 11 is 0. The summed E-state index contributed by atoms with van der Waals surface area (Å²) in [6, 6.07) is 5.25. The molecule has 0 aromatic carbocycles. The van der Waals surface area contributed by atoms with Crippen LogP contribution in [0.5, 0.6) is 0 Å². The fourth-order valence-electron chi connectivity index (χ4n) is 3.00. The third-order valence-electron chi connectivity index (χ3n) is 4.70. The molecule has 27 heavy (non-hydrogen) atoms. The average Bonchev–Trinajstić information content (AvgIpc) is 3.45. The number of amides is 1. The minimum atomic E-state index is -0.561. The lowest BCUT2D eigenvalue weighted by Crippen LogP contribution is -2.15. The second-order valence-electron chi connectivity index (χ2n) is 6.53. The van der Waals surface area contributed by atoms with Crippen molar-refractivity contribution in [2.75, 3.05) is 11.1 Å². The van der Waals surface area contributed by atoms with E-state index in [0.717, 1.165) is 5.56 Å². The fourth-order valence-corrected chi connectivity index (χ4v) is 3.00. The first-order chi connectivity index (χ1) is 13.0. The van der Waals surface area contributed by atoms with Gasteiger partial charge in [-0.3, -0.25) is 9.78 Å². The third kappa shape index (κ3) is 2.93. The largest absolute Gasteiger partial charge is 0.383 e. The zero-order chi connectivity index (χ0) is 19.1. The summed E-state index contributed by atoms with van der Waals surface area (Å²) < 4.78 is 15.2. The first-order valence-electron chi connectivity index (χ1n) is 8.35. The van der Waals surface area contributed by atoms with Crippen LogP contribution in [0.15, 0.2) is 30.7 Å². The van der Waals surface area contributed by atoms with Gasteiger partial charge in [-0.1, -0.05) is 0 Å². The van der Waals surface area contributed by atoms with Gasteiger partial charge in [-0.05, 0) is 31.0 Å². The van der Waals surface area contributed by atoms with E-state index in [1.165, 1.54) is 18.5 Å². The van der Waals surface area contributed by atoms with Crippen LogP contribution >= 0.6 is 0 Å². The number of aromatic nitrogens is 3. The number of carbonyl (C=O) groups is 1. The SMILES string of the molecule is Cc1ccncc1-c1nc(N)c2cnc(NC(=O)[C@H]3C[C@@H]3C#N)cc2c1F. The van der Waals surface area contributed by atoms with Crippen LogP contribution < -0.4 is 11.1 Å². The molecule has 7 nitrogen and oxygen atoms in total. The summed E-state index contributed by atoms with van der Waals surface area (Å²) in [5.41, 5.74) is 7.45. The highest BCUT2D eigenvalue weighted by Gasteiger charge is 2.43. The molecule has 1 saturated carbocycles. The number of nitrogens with zero attached hydrogens (tertiary/aromatic N) is 4. The third-order valence-corrected chi connectivity index (χ3v) is 4.70. The number of fused-ring (bicyclic) bond motifs is 1. The van der Waals surface area contributed by atoms with E-state index in [0.29, 0.717) is 17.4 Å². The molecule has 0 saturated heterocycles. The van der Waals surface area contributed by atoms with Crippen molar-refractivity contribution in [1.82, 2.24) is 15.0 Å². The summed E-state index contributed by atoms with van der Waals surface area (Å²) in [5, 5.41) is 12.0. The quantitative estimate of drug-likeness (QED) is 0.740. The molecule has 3 N–H and O–H groups in total. The van der Waals surface area contributed by atoms with Gasteiger partial charge in [0.25, 0.3) is 0 Å². The number of nitrogen functional groups attached to an aromatic ring is 1. The molecular weight excluding hydrogens is 347 g/mol. The number of halogens is 1. The number of nitrogens with two attached hydrogens (primary N) is 1. The predicted molar refractivity (Wildman–Crippen MR) is 97.7 cm³/mol. The Balaban J connectivity index is 1.76. The molecule has 1 aliphatic rings. The second kappa shape index (κ2) is 6.29. The van der Waals surface area contributed by atoms with Gasteiger partial charge >= 0.3 is 0 Å². The number of pyridine rings is 3. The zero-order valence-corrected chi connectivity index (χ0v) is 14.4. The summed E-state index contributed by atoms with van der Waals surface area (Å²) in [5.74, 6) is -1.11. The Hall–Kier alpha value is -3.60. The number of carbonyl (C=O) groups excluding carboxylic acids is 1. The van der Waals surface area contributed by atoms with Crippen molar-refractivity contribution in [3.8, 4) is 17.3 Å². The smallest absolute Gasteiger partial charge is 0.230 e. The summed E-state index contributed by atoms with van der Waals surface area (Å²) in [6.07, 6.45) is 5.06. The minimum Gasteiger partial charge on any atom is -0.383 e. The van der Waals surface area contributed by atoms with Crippen molar-refractivity contribution in [3.63, 3.8) is 0 Å². The molecule has 0 unspecified atom stereocenters. The van der Waals surface area contributed by atoms with Crippen LogP contribution in [0.25, 0.3) is 22.0 Å². The van der Waals surface area contributed by atoms with Crippen LogP contribution in [-0.4, -0.2) is 20.9 Å². The molecule has 0 aliphatic heterocycles. The van der Waals surface area contributed by atoms with Gasteiger partial charge in [0.15, 0.2) is 5.82 Å². The second-order valence-corrected chi connectivity index (χ2v) is 6.53. The molecule has 1 amide bonds. The lowest BCUT2D eigenvalue weighted by Gasteiger charge is -2.11. The maximum Gasteiger partial charge on any atom is 0.230 e. The Morgan fingerprint density at radius 2 is 2.22 bits per heavy atom. The van der Waals surface area contributed by atoms with Crippen LogP contribution in [0.4, 0.5) is 16.0 Å². The first-order valence-corrected chi connectivity index (χ1v) is 8.35. The maximum atomic E-state index is 15.2. The summed E-state index contributed by atoms with van der Waals surface area (Å²) in [7, 11) is 0. The van der Waals surface area contributed by atoms with Gasteiger partial charge in [-0.15, -0.1) is 0 Å². The predicted octanol–water partition coefficient (Wildman–Crippen LogP) is 2.82. The molecule has 3 aromatic heterocycles. The van der Waals surface area contributed by atoms with Gasteiger partial charge in [0.05, 0.1) is 17.9 Å². The molecule has 0 radical (unpaired) electrons. The number of hydrogen-bond acceptors (Lipinski definition) is 6. The number of nitriles is 1. The lowest BCUT2D eigenvalue weighted by atomic mass is 10.0. The van der Waals surface area contributed by atoms with Gasteiger partial charge in [0.1, 0.15) is 17.3 Å². The Kier molecular flexibility index (Phi) is 3.92. The standard InChI is InChI=1S/C19H15FN6O/c1-9-2-3-23-7-13(9)17-16(20)12-5-15(24-8-14(12)18(22)26-17)25-19(27)11-4-10(11)6-21/h2-3,5,7-8,10-11H,4H2,1H3,(H2,22,26)(H,24,25,27)/t10-,11+/m1/s1. The molecule has 0 spiro atoms. The molecule has 1 aliphatic carbocycles. The molecule has 134 valence electrons. The lowest BCUT2D eigenvalue weighted by molar-refractivity contribution is -0.117. The maximum absolute atomic E-state index is 15.2. The zero-order valence-electron chi connectivity index (χ0n) is 14.4. The molecule has 1 fully saturated rings. The number of aryl methyl sites for hydroxylation is 1. The van der Waals surface area contributed by atoms with Crippen molar-refractivity contribution in [3.05, 3.63) is 42.1 Å². The van der Waals surface area contributed by atoms with Crippen LogP contribution in [0.3, 0.4) is 0 Å². The highest BCUT2D eigenvalue weighted by molar-refractivity contribution is 5.99. The van der Waals surface area contributed by atoms with E-state index in [1.54, 1.807) is 12.3 Å². The van der Waals surface area contributed by atoms with Gasteiger partial charge in [0.2, 0.25) is 5.91 Å². The van der Waals surface area contributed by atoms with E-state index in [-0.39, 0.29) is 40.5 Å². The Labute approximate surface area is 154 Å². The van der Waals surface area contributed by atoms with E-state index in [9.17, 15) is 4.79 Å². The average molecular weight is 362 g/mol. The van der Waals surface area contributed by atoms with Crippen LogP contribution in [0, 0.1) is 35.9 Å². The van der Waals surface area contributed by atoms with E-state index in [1.807, 2.05) is 6.92 Å². The summed E-state index contributed by atoms with van der Waals surface area (Å²) in [4.78, 5) is 24.4. The molecule has 2 atom stereocenters. The highest BCUT2D eigenvalue weighted by Crippen LogP contribution is 2.38. The molecule has 3 heterocycles. The van der Waals surface area contributed by atoms with Crippen LogP contribution in [-0.2, 0) is 4.79 Å². The van der Waals surface area contributed by atoms with Gasteiger partial charge in [-0.25, -0.2) is 14.4 Å². The summed E-state index contributed by atoms with van der Waals surface area (Å²) in [6.45, 7) is 1.83. The molecular formula is C19H15FN6O. The molecule has 4 rings (SSSR count). The van der Waals surface area contributed by atoms with E-state index in [4.69, 9.17) is 11.0 Å². The van der Waals surface area contributed by atoms with Gasteiger partial charge in [-0.2, -0.15) is 5.26 Å². The molecule has 3 aromatic rings. The normalized spacial score (nSPS) is 18.1.